The van der Waals surface area contributed by atoms with Crippen LogP contribution in [0.5, 0.6) is 5.75 Å². The molecule has 0 bridgehead atoms. The van der Waals surface area contributed by atoms with Gasteiger partial charge in [-0.1, -0.05) is 66.2 Å². The van der Waals surface area contributed by atoms with Crippen molar-refractivity contribution in [2.45, 2.75) is 13.3 Å². The van der Waals surface area contributed by atoms with Crippen molar-refractivity contribution in [2.75, 3.05) is 7.11 Å². The zero-order valence-corrected chi connectivity index (χ0v) is 13.0. The van der Waals surface area contributed by atoms with Crippen LogP contribution in [0.4, 0.5) is 0 Å². The molecule has 0 heterocycles. The van der Waals surface area contributed by atoms with E-state index in [1.165, 1.54) is 27.8 Å². The topological polar surface area (TPSA) is 9.23 Å². The van der Waals surface area contributed by atoms with Crippen molar-refractivity contribution < 1.29 is 4.74 Å². The molecule has 22 heavy (non-hydrogen) atoms. The highest BCUT2D eigenvalue weighted by Crippen LogP contribution is 2.21. The molecule has 3 aromatic carbocycles. The predicted molar refractivity (Wildman–Crippen MR) is 92.4 cm³/mol. The number of aryl methyl sites for hydroxylation is 1. The quantitative estimate of drug-likeness (QED) is 0.636. The Bertz CT molecular complexity index is 722. The van der Waals surface area contributed by atoms with Gasteiger partial charge in [0.05, 0.1) is 7.11 Å². The second-order valence-electron chi connectivity index (χ2n) is 5.59. The van der Waals surface area contributed by atoms with E-state index in [1.54, 1.807) is 7.11 Å². The van der Waals surface area contributed by atoms with Gasteiger partial charge in [-0.25, -0.2) is 0 Å². The Hall–Kier alpha value is -2.54. The van der Waals surface area contributed by atoms with E-state index in [0.717, 1.165) is 12.2 Å². The fourth-order valence-corrected chi connectivity index (χ4v) is 2.54. The summed E-state index contributed by atoms with van der Waals surface area (Å²) in [6, 6.07) is 25.7. The molecule has 0 N–H and O–H groups in total. The van der Waals surface area contributed by atoms with Gasteiger partial charge in [-0.3, -0.25) is 0 Å². The smallest absolute Gasteiger partial charge is 0.118 e. The first-order valence-electron chi connectivity index (χ1n) is 7.53. The molecular formula is C21H20O. The summed E-state index contributed by atoms with van der Waals surface area (Å²) in [4.78, 5) is 0. The maximum Gasteiger partial charge on any atom is 0.118 e. The monoisotopic (exact) mass is 288 g/mol. The second-order valence-corrected chi connectivity index (χ2v) is 5.59. The van der Waals surface area contributed by atoms with Crippen LogP contribution in [-0.2, 0) is 6.42 Å². The molecule has 0 aliphatic rings. The third-order valence-corrected chi connectivity index (χ3v) is 3.91. The first-order valence-corrected chi connectivity index (χ1v) is 7.53. The Morgan fingerprint density at radius 1 is 0.636 bits per heavy atom. The summed E-state index contributed by atoms with van der Waals surface area (Å²) in [6.45, 7) is 2.11. The minimum atomic E-state index is 0.901. The maximum atomic E-state index is 5.19. The van der Waals surface area contributed by atoms with Crippen LogP contribution in [0.3, 0.4) is 0 Å². The van der Waals surface area contributed by atoms with Gasteiger partial charge in [0.15, 0.2) is 0 Å². The minimum Gasteiger partial charge on any atom is -0.497 e. The Labute approximate surface area is 132 Å². The lowest BCUT2D eigenvalue weighted by Crippen LogP contribution is -1.89. The van der Waals surface area contributed by atoms with Crippen molar-refractivity contribution in [3.05, 3.63) is 89.5 Å². The highest BCUT2D eigenvalue weighted by Gasteiger charge is 2.00. The molecule has 0 saturated carbocycles. The molecule has 0 radical (unpaired) electrons. The van der Waals surface area contributed by atoms with E-state index >= 15 is 0 Å². The highest BCUT2D eigenvalue weighted by atomic mass is 16.5. The predicted octanol–water partition coefficient (Wildman–Crippen LogP) is 5.26. The molecule has 0 aromatic heterocycles. The van der Waals surface area contributed by atoms with Gasteiger partial charge in [0.1, 0.15) is 5.75 Å². The Kier molecular flexibility index (Phi) is 4.24. The SMILES string of the molecule is COc1ccc(Cc2ccc(-c3ccc(C)cc3)cc2)cc1. The van der Waals surface area contributed by atoms with E-state index < -0.39 is 0 Å². The van der Waals surface area contributed by atoms with Crippen molar-refractivity contribution in [3.63, 3.8) is 0 Å². The summed E-state index contributed by atoms with van der Waals surface area (Å²) in [5, 5.41) is 0. The first kappa shape index (κ1) is 14.4. The fraction of sp³-hybridized carbons (Fsp3) is 0.143. The highest BCUT2D eigenvalue weighted by molar-refractivity contribution is 5.64. The standard InChI is InChI=1S/C21H20O/c1-16-3-9-19(10-4-16)20-11-5-17(6-12-20)15-18-7-13-21(22-2)14-8-18/h3-14H,15H2,1-2H3. The third-order valence-electron chi connectivity index (χ3n) is 3.91. The number of benzene rings is 3. The summed E-state index contributed by atoms with van der Waals surface area (Å²) in [6.07, 6.45) is 0.943. The minimum absolute atomic E-state index is 0.901. The molecule has 0 aliphatic carbocycles. The van der Waals surface area contributed by atoms with Gasteiger partial charge >= 0.3 is 0 Å². The molecule has 0 unspecified atom stereocenters. The lowest BCUT2D eigenvalue weighted by molar-refractivity contribution is 0.414. The van der Waals surface area contributed by atoms with E-state index in [0.29, 0.717) is 0 Å². The molecule has 1 heteroatoms. The molecule has 0 aliphatic heterocycles. The number of hydrogen-bond acceptors (Lipinski definition) is 1. The van der Waals surface area contributed by atoms with Gasteiger partial charge < -0.3 is 4.74 Å². The van der Waals surface area contributed by atoms with Crippen molar-refractivity contribution >= 4 is 0 Å². The van der Waals surface area contributed by atoms with Crippen LogP contribution in [0.2, 0.25) is 0 Å². The normalized spacial score (nSPS) is 10.5. The van der Waals surface area contributed by atoms with Gasteiger partial charge in [-0.15, -0.1) is 0 Å². The van der Waals surface area contributed by atoms with E-state index in [2.05, 4.69) is 67.6 Å². The van der Waals surface area contributed by atoms with E-state index in [-0.39, 0.29) is 0 Å². The Balaban J connectivity index is 1.74. The average molecular weight is 288 g/mol. The molecule has 0 spiro atoms. The maximum absolute atomic E-state index is 5.19. The van der Waals surface area contributed by atoms with Crippen molar-refractivity contribution in [2.24, 2.45) is 0 Å². The van der Waals surface area contributed by atoms with Gasteiger partial charge in [0.25, 0.3) is 0 Å². The summed E-state index contributed by atoms with van der Waals surface area (Å²) in [5.74, 6) is 0.901. The number of rotatable bonds is 4. The fourth-order valence-electron chi connectivity index (χ4n) is 2.54. The van der Waals surface area contributed by atoms with Crippen molar-refractivity contribution in [3.8, 4) is 16.9 Å². The molecule has 3 aromatic rings. The zero-order valence-electron chi connectivity index (χ0n) is 13.0. The summed E-state index contributed by atoms with van der Waals surface area (Å²) in [7, 11) is 1.69. The number of hydrogen-bond donors (Lipinski definition) is 0. The van der Waals surface area contributed by atoms with Crippen molar-refractivity contribution in [1.82, 2.24) is 0 Å². The van der Waals surface area contributed by atoms with Crippen LogP contribution in [0.1, 0.15) is 16.7 Å². The third kappa shape index (κ3) is 3.37. The molecule has 0 atom stereocenters. The lowest BCUT2D eigenvalue weighted by atomic mass is 10.00. The van der Waals surface area contributed by atoms with Crippen LogP contribution in [-0.4, -0.2) is 7.11 Å². The van der Waals surface area contributed by atoms with Gasteiger partial charge in [-0.2, -0.15) is 0 Å². The average Bonchev–Trinajstić information content (AvgIpc) is 2.57. The molecule has 0 fully saturated rings. The molecule has 0 amide bonds. The number of methoxy groups -OCH3 is 1. The zero-order chi connectivity index (χ0) is 15.4. The van der Waals surface area contributed by atoms with Crippen molar-refractivity contribution in [1.29, 1.82) is 0 Å². The summed E-state index contributed by atoms with van der Waals surface area (Å²) >= 11 is 0. The summed E-state index contributed by atoms with van der Waals surface area (Å²) < 4.78 is 5.19. The van der Waals surface area contributed by atoms with Gasteiger partial charge in [0, 0.05) is 0 Å². The largest absolute Gasteiger partial charge is 0.497 e. The molecule has 110 valence electrons. The second kappa shape index (κ2) is 6.48. The van der Waals surface area contributed by atoms with Crippen LogP contribution in [0.15, 0.2) is 72.8 Å². The Morgan fingerprint density at radius 3 is 1.59 bits per heavy atom. The van der Waals surface area contributed by atoms with E-state index in [1.807, 2.05) is 12.1 Å². The molecule has 3 rings (SSSR count). The lowest BCUT2D eigenvalue weighted by Gasteiger charge is -2.06. The van der Waals surface area contributed by atoms with E-state index in [4.69, 9.17) is 4.74 Å². The molecule has 1 nitrogen and oxygen atoms in total. The van der Waals surface area contributed by atoms with Gasteiger partial charge in [-0.05, 0) is 47.7 Å². The molecule has 0 saturated heterocycles. The number of ether oxygens (including phenoxy) is 1. The Morgan fingerprint density at radius 2 is 1.09 bits per heavy atom. The summed E-state index contributed by atoms with van der Waals surface area (Å²) in [5.41, 5.74) is 6.44. The molecular weight excluding hydrogens is 268 g/mol. The van der Waals surface area contributed by atoms with Crippen LogP contribution in [0.25, 0.3) is 11.1 Å². The van der Waals surface area contributed by atoms with Crippen LogP contribution in [0, 0.1) is 6.92 Å². The van der Waals surface area contributed by atoms with Crippen LogP contribution >= 0.6 is 0 Å². The van der Waals surface area contributed by atoms with Gasteiger partial charge in [0.2, 0.25) is 0 Å². The first-order chi connectivity index (χ1) is 10.7. The van der Waals surface area contributed by atoms with E-state index in [9.17, 15) is 0 Å². The van der Waals surface area contributed by atoms with Crippen LogP contribution < -0.4 is 4.74 Å².